The van der Waals surface area contributed by atoms with Crippen LogP contribution in [0, 0.1) is 0 Å². The van der Waals surface area contributed by atoms with E-state index in [0.717, 1.165) is 0 Å². The number of benzene rings is 1. The first kappa shape index (κ1) is 15.1. The average molecular weight is 311 g/mol. The van der Waals surface area contributed by atoms with Crippen molar-refractivity contribution >= 4 is 17.5 Å². The molecular formula is C13H15ClN4O3. The van der Waals surface area contributed by atoms with E-state index in [2.05, 4.69) is 15.4 Å². The van der Waals surface area contributed by atoms with E-state index in [1.165, 1.54) is 0 Å². The van der Waals surface area contributed by atoms with E-state index in [4.69, 9.17) is 26.8 Å². The van der Waals surface area contributed by atoms with Crippen molar-refractivity contribution in [2.75, 3.05) is 13.2 Å². The molecule has 0 saturated carbocycles. The first-order valence-corrected chi connectivity index (χ1v) is 6.76. The van der Waals surface area contributed by atoms with Crippen LogP contribution in [0.3, 0.4) is 0 Å². The SMILES string of the molecule is CCOc1cc(Cl)c(-c2n[nH]nc2C(N)=O)cc1OCC. The number of nitrogens with zero attached hydrogens (tertiary/aromatic N) is 2. The molecule has 0 aliphatic heterocycles. The second-order valence-corrected chi connectivity index (χ2v) is 4.44. The summed E-state index contributed by atoms with van der Waals surface area (Å²) in [4.78, 5) is 11.3. The smallest absolute Gasteiger partial charge is 0.271 e. The summed E-state index contributed by atoms with van der Waals surface area (Å²) in [6.07, 6.45) is 0. The fourth-order valence-corrected chi connectivity index (χ4v) is 2.09. The van der Waals surface area contributed by atoms with Crippen molar-refractivity contribution in [3.63, 3.8) is 0 Å². The number of hydrogen-bond donors (Lipinski definition) is 2. The number of carbonyl (C=O) groups is 1. The van der Waals surface area contributed by atoms with E-state index >= 15 is 0 Å². The first-order chi connectivity index (χ1) is 10.1. The van der Waals surface area contributed by atoms with E-state index in [9.17, 15) is 4.79 Å². The second-order valence-electron chi connectivity index (χ2n) is 4.03. The molecule has 0 unspecified atom stereocenters. The van der Waals surface area contributed by atoms with Crippen LogP contribution in [0.25, 0.3) is 11.3 Å². The molecule has 1 heterocycles. The topological polar surface area (TPSA) is 103 Å². The standard InChI is InChI=1S/C13H15ClN4O3/c1-3-20-9-5-7(8(14)6-10(9)21-4-2)11-12(13(15)19)17-18-16-11/h5-6H,3-4H2,1-2H3,(H2,15,19)(H,16,17,18). The first-order valence-electron chi connectivity index (χ1n) is 6.38. The second kappa shape index (κ2) is 6.45. The highest BCUT2D eigenvalue weighted by Gasteiger charge is 2.20. The number of nitrogens with one attached hydrogen (secondary N) is 1. The molecule has 112 valence electrons. The molecule has 8 heteroatoms. The lowest BCUT2D eigenvalue weighted by Crippen LogP contribution is -2.13. The van der Waals surface area contributed by atoms with Gasteiger partial charge in [-0.25, -0.2) is 0 Å². The van der Waals surface area contributed by atoms with Crippen LogP contribution in [0.15, 0.2) is 12.1 Å². The van der Waals surface area contributed by atoms with Crippen molar-refractivity contribution < 1.29 is 14.3 Å². The van der Waals surface area contributed by atoms with Gasteiger partial charge < -0.3 is 15.2 Å². The number of primary amides is 1. The van der Waals surface area contributed by atoms with E-state index in [0.29, 0.717) is 35.3 Å². The Hall–Kier alpha value is -2.28. The number of rotatable bonds is 6. The number of H-pyrrole nitrogens is 1. The van der Waals surface area contributed by atoms with Gasteiger partial charge in [-0.2, -0.15) is 15.4 Å². The lowest BCUT2D eigenvalue weighted by atomic mass is 10.1. The molecule has 1 aromatic carbocycles. The summed E-state index contributed by atoms with van der Waals surface area (Å²) in [5.74, 6) is 0.344. The van der Waals surface area contributed by atoms with Gasteiger partial charge in [0.05, 0.1) is 18.2 Å². The highest BCUT2D eigenvalue weighted by Crippen LogP contribution is 2.38. The van der Waals surface area contributed by atoms with E-state index in [1.54, 1.807) is 12.1 Å². The van der Waals surface area contributed by atoms with Gasteiger partial charge in [0.15, 0.2) is 17.2 Å². The predicted octanol–water partition coefficient (Wildman–Crippen LogP) is 2.02. The van der Waals surface area contributed by atoms with E-state index in [1.807, 2.05) is 13.8 Å². The van der Waals surface area contributed by atoms with Crippen molar-refractivity contribution in [3.05, 3.63) is 22.8 Å². The third-order valence-electron chi connectivity index (χ3n) is 2.67. The van der Waals surface area contributed by atoms with E-state index < -0.39 is 5.91 Å². The lowest BCUT2D eigenvalue weighted by Gasteiger charge is -2.13. The summed E-state index contributed by atoms with van der Waals surface area (Å²) < 4.78 is 11.0. The van der Waals surface area contributed by atoms with Crippen LogP contribution in [0.2, 0.25) is 5.02 Å². The Morgan fingerprint density at radius 2 is 1.86 bits per heavy atom. The minimum atomic E-state index is -0.693. The zero-order valence-corrected chi connectivity index (χ0v) is 12.4. The molecule has 0 atom stereocenters. The van der Waals surface area contributed by atoms with Crippen LogP contribution < -0.4 is 15.2 Å². The zero-order chi connectivity index (χ0) is 15.4. The molecule has 0 aliphatic carbocycles. The van der Waals surface area contributed by atoms with Gasteiger partial charge in [-0.1, -0.05) is 11.6 Å². The molecule has 0 fully saturated rings. The minimum absolute atomic E-state index is 0.0171. The Labute approximate surface area is 126 Å². The minimum Gasteiger partial charge on any atom is -0.490 e. The summed E-state index contributed by atoms with van der Waals surface area (Å²) in [7, 11) is 0. The molecule has 21 heavy (non-hydrogen) atoms. The molecule has 7 nitrogen and oxygen atoms in total. The van der Waals surface area contributed by atoms with Crippen molar-refractivity contribution in [2.45, 2.75) is 13.8 Å². The molecule has 2 rings (SSSR count). The Bertz CT molecular complexity index is 657. The van der Waals surface area contributed by atoms with Crippen LogP contribution >= 0.6 is 11.6 Å². The van der Waals surface area contributed by atoms with Gasteiger partial charge >= 0.3 is 0 Å². The molecular weight excluding hydrogens is 296 g/mol. The molecule has 1 amide bonds. The maximum atomic E-state index is 11.3. The van der Waals surface area contributed by atoms with Gasteiger partial charge in [0.25, 0.3) is 5.91 Å². The number of ether oxygens (including phenoxy) is 2. The van der Waals surface area contributed by atoms with Gasteiger partial charge in [-0.3, -0.25) is 4.79 Å². The quantitative estimate of drug-likeness (QED) is 0.849. The number of amides is 1. The average Bonchev–Trinajstić information content (AvgIpc) is 2.91. The Kier molecular flexibility index (Phi) is 4.64. The van der Waals surface area contributed by atoms with Crippen LogP contribution in [0.4, 0.5) is 0 Å². The maximum Gasteiger partial charge on any atom is 0.271 e. The van der Waals surface area contributed by atoms with Gasteiger partial charge in [-0.05, 0) is 19.9 Å². The Morgan fingerprint density at radius 1 is 1.24 bits per heavy atom. The number of hydrogen-bond acceptors (Lipinski definition) is 5. The van der Waals surface area contributed by atoms with Crippen molar-refractivity contribution in [3.8, 4) is 22.8 Å². The number of carbonyl (C=O) groups excluding carboxylic acids is 1. The van der Waals surface area contributed by atoms with Crippen molar-refractivity contribution in [2.24, 2.45) is 5.73 Å². The van der Waals surface area contributed by atoms with Crippen LogP contribution in [0.1, 0.15) is 24.3 Å². The maximum absolute atomic E-state index is 11.3. The molecule has 0 spiro atoms. The number of nitrogens with two attached hydrogens (primary N) is 1. The van der Waals surface area contributed by atoms with Crippen molar-refractivity contribution in [1.82, 2.24) is 15.4 Å². The lowest BCUT2D eigenvalue weighted by molar-refractivity contribution is 0.0996. The number of halogens is 1. The van der Waals surface area contributed by atoms with Crippen LogP contribution in [0.5, 0.6) is 11.5 Å². The molecule has 2 aromatic rings. The molecule has 0 radical (unpaired) electrons. The number of aromatic amines is 1. The predicted molar refractivity (Wildman–Crippen MR) is 77.7 cm³/mol. The largest absolute Gasteiger partial charge is 0.490 e. The summed E-state index contributed by atoms with van der Waals surface area (Å²) >= 11 is 6.24. The summed E-state index contributed by atoms with van der Waals surface area (Å²) in [5, 5.41) is 10.4. The van der Waals surface area contributed by atoms with Gasteiger partial charge in [0.2, 0.25) is 0 Å². The third kappa shape index (κ3) is 3.08. The third-order valence-corrected chi connectivity index (χ3v) is 2.98. The monoisotopic (exact) mass is 310 g/mol. The summed E-state index contributed by atoms with van der Waals surface area (Å²) in [6.45, 7) is 4.66. The van der Waals surface area contributed by atoms with Crippen LogP contribution in [-0.4, -0.2) is 34.5 Å². The summed E-state index contributed by atoms with van der Waals surface area (Å²) in [5.41, 5.74) is 6.04. The Morgan fingerprint density at radius 3 is 2.43 bits per heavy atom. The Balaban J connectivity index is 2.55. The molecule has 0 aliphatic rings. The molecule has 1 aromatic heterocycles. The zero-order valence-electron chi connectivity index (χ0n) is 11.6. The van der Waals surface area contributed by atoms with Crippen molar-refractivity contribution in [1.29, 1.82) is 0 Å². The highest BCUT2D eigenvalue weighted by atomic mass is 35.5. The fourth-order valence-electron chi connectivity index (χ4n) is 1.84. The van der Waals surface area contributed by atoms with Crippen LogP contribution in [-0.2, 0) is 0 Å². The molecule has 3 N–H and O–H groups in total. The molecule has 0 saturated heterocycles. The highest BCUT2D eigenvalue weighted by molar-refractivity contribution is 6.33. The molecule has 0 bridgehead atoms. The summed E-state index contributed by atoms with van der Waals surface area (Å²) in [6, 6.07) is 3.27. The van der Waals surface area contributed by atoms with Gasteiger partial charge in [0, 0.05) is 11.6 Å². The van der Waals surface area contributed by atoms with E-state index in [-0.39, 0.29) is 11.4 Å². The fraction of sp³-hybridized carbons (Fsp3) is 0.308. The van der Waals surface area contributed by atoms with Gasteiger partial charge in [-0.15, -0.1) is 0 Å². The van der Waals surface area contributed by atoms with Gasteiger partial charge in [0.1, 0.15) is 5.69 Å². The normalized spacial score (nSPS) is 10.4. The number of aromatic nitrogens is 3.